The van der Waals surface area contributed by atoms with Crippen LogP contribution in [0.3, 0.4) is 0 Å². The number of hydrogen-bond acceptors (Lipinski definition) is 4. The van der Waals surface area contributed by atoms with Crippen LogP contribution in [0.2, 0.25) is 0 Å². The summed E-state index contributed by atoms with van der Waals surface area (Å²) < 4.78 is 5.39. The Morgan fingerprint density at radius 3 is 2.80 bits per heavy atom. The number of nitrogens with one attached hydrogen (secondary N) is 2. The normalized spacial score (nSPS) is 10.6. The lowest BCUT2D eigenvalue weighted by Gasteiger charge is -2.09. The van der Waals surface area contributed by atoms with Gasteiger partial charge in [-0.3, -0.25) is 9.78 Å². The molecule has 0 radical (unpaired) electrons. The maximum atomic E-state index is 11.5. The van der Waals surface area contributed by atoms with Gasteiger partial charge in [-0.05, 0) is 31.0 Å². The Balaban J connectivity index is 2.25. The van der Waals surface area contributed by atoms with E-state index in [1.54, 1.807) is 6.20 Å². The van der Waals surface area contributed by atoms with Crippen molar-refractivity contribution in [3.63, 3.8) is 0 Å². The second-order valence-electron chi connectivity index (χ2n) is 5.09. The molecule has 112 valence electrons. The lowest BCUT2D eigenvalue weighted by Crippen LogP contribution is -2.30. The summed E-state index contributed by atoms with van der Waals surface area (Å²) in [6, 6.07) is 3.73. The van der Waals surface area contributed by atoms with Gasteiger partial charge in [-0.1, -0.05) is 20.8 Å². The van der Waals surface area contributed by atoms with Crippen molar-refractivity contribution in [2.75, 3.05) is 19.7 Å². The van der Waals surface area contributed by atoms with Crippen LogP contribution in [0.5, 0.6) is 5.75 Å². The van der Waals surface area contributed by atoms with E-state index in [1.165, 1.54) is 0 Å². The third kappa shape index (κ3) is 7.09. The van der Waals surface area contributed by atoms with E-state index in [4.69, 9.17) is 4.74 Å². The van der Waals surface area contributed by atoms with E-state index in [-0.39, 0.29) is 12.5 Å². The Kier molecular flexibility index (Phi) is 7.65. The zero-order valence-corrected chi connectivity index (χ0v) is 12.6. The smallest absolute Gasteiger partial charge is 0.257 e. The topological polar surface area (TPSA) is 63.2 Å². The zero-order chi connectivity index (χ0) is 14.8. The van der Waals surface area contributed by atoms with Crippen molar-refractivity contribution in [2.24, 2.45) is 5.92 Å². The highest BCUT2D eigenvalue weighted by Crippen LogP contribution is 2.08. The summed E-state index contributed by atoms with van der Waals surface area (Å²) >= 11 is 0. The number of pyridine rings is 1. The standard InChI is InChI=1S/C15H25N3O2/c1-4-16-9-13-5-6-14(10-18-13)20-11-15(19)17-8-7-12(2)3/h5-6,10,12,16H,4,7-9,11H2,1-3H3,(H,17,19). The number of nitrogens with zero attached hydrogens (tertiary/aromatic N) is 1. The molecular formula is C15H25N3O2. The molecule has 0 bridgehead atoms. The van der Waals surface area contributed by atoms with Crippen molar-refractivity contribution in [2.45, 2.75) is 33.7 Å². The maximum Gasteiger partial charge on any atom is 0.257 e. The molecule has 0 spiro atoms. The van der Waals surface area contributed by atoms with Gasteiger partial charge in [-0.25, -0.2) is 0 Å². The van der Waals surface area contributed by atoms with Crippen LogP contribution in [0.1, 0.15) is 32.9 Å². The largest absolute Gasteiger partial charge is 0.482 e. The van der Waals surface area contributed by atoms with Crippen LogP contribution in [-0.2, 0) is 11.3 Å². The van der Waals surface area contributed by atoms with Crippen molar-refractivity contribution < 1.29 is 9.53 Å². The average Bonchev–Trinajstić information content (AvgIpc) is 2.43. The minimum absolute atomic E-state index is 0.0341. The molecule has 20 heavy (non-hydrogen) atoms. The summed E-state index contributed by atoms with van der Waals surface area (Å²) in [5.74, 6) is 1.11. The van der Waals surface area contributed by atoms with Crippen LogP contribution in [-0.4, -0.2) is 30.6 Å². The van der Waals surface area contributed by atoms with E-state index >= 15 is 0 Å². The van der Waals surface area contributed by atoms with E-state index < -0.39 is 0 Å². The first-order valence-corrected chi connectivity index (χ1v) is 7.17. The highest BCUT2D eigenvalue weighted by Gasteiger charge is 2.03. The number of amides is 1. The molecule has 0 aliphatic heterocycles. The third-order valence-electron chi connectivity index (χ3n) is 2.77. The molecule has 0 saturated heterocycles. The lowest BCUT2D eigenvalue weighted by atomic mass is 10.1. The van der Waals surface area contributed by atoms with Crippen molar-refractivity contribution in [3.8, 4) is 5.75 Å². The van der Waals surface area contributed by atoms with Crippen LogP contribution in [0.25, 0.3) is 0 Å². The molecule has 0 aliphatic rings. The molecule has 0 saturated carbocycles. The number of rotatable bonds is 9. The van der Waals surface area contributed by atoms with Crippen LogP contribution in [0.15, 0.2) is 18.3 Å². The van der Waals surface area contributed by atoms with Gasteiger partial charge in [0.05, 0.1) is 11.9 Å². The van der Waals surface area contributed by atoms with Gasteiger partial charge in [-0.2, -0.15) is 0 Å². The molecule has 5 heteroatoms. The van der Waals surface area contributed by atoms with Crippen molar-refractivity contribution in [1.29, 1.82) is 0 Å². The molecule has 1 heterocycles. The number of ether oxygens (including phenoxy) is 1. The van der Waals surface area contributed by atoms with Crippen LogP contribution in [0, 0.1) is 5.92 Å². The summed E-state index contributed by atoms with van der Waals surface area (Å²) in [6.45, 7) is 8.69. The van der Waals surface area contributed by atoms with Crippen LogP contribution >= 0.6 is 0 Å². The monoisotopic (exact) mass is 279 g/mol. The average molecular weight is 279 g/mol. The van der Waals surface area contributed by atoms with Crippen LogP contribution in [0.4, 0.5) is 0 Å². The van der Waals surface area contributed by atoms with Gasteiger partial charge in [-0.15, -0.1) is 0 Å². The van der Waals surface area contributed by atoms with E-state index in [2.05, 4.69) is 36.4 Å². The maximum absolute atomic E-state index is 11.5. The molecule has 1 aromatic heterocycles. The van der Waals surface area contributed by atoms with E-state index in [9.17, 15) is 4.79 Å². The Bertz CT molecular complexity index is 391. The van der Waals surface area contributed by atoms with E-state index in [0.717, 1.165) is 25.2 Å². The first kappa shape index (κ1) is 16.4. The molecule has 0 aromatic carbocycles. The Hall–Kier alpha value is -1.62. The van der Waals surface area contributed by atoms with E-state index in [1.807, 2.05) is 12.1 Å². The minimum Gasteiger partial charge on any atom is -0.482 e. The molecule has 0 unspecified atom stereocenters. The molecule has 0 aliphatic carbocycles. The van der Waals surface area contributed by atoms with Gasteiger partial charge >= 0.3 is 0 Å². The molecule has 2 N–H and O–H groups in total. The quantitative estimate of drug-likeness (QED) is 0.722. The predicted molar refractivity (Wildman–Crippen MR) is 79.6 cm³/mol. The SMILES string of the molecule is CCNCc1ccc(OCC(=O)NCCC(C)C)cn1. The molecular weight excluding hydrogens is 254 g/mol. The van der Waals surface area contributed by atoms with Gasteiger partial charge < -0.3 is 15.4 Å². The number of aromatic nitrogens is 1. The highest BCUT2D eigenvalue weighted by atomic mass is 16.5. The number of hydrogen-bond donors (Lipinski definition) is 2. The first-order valence-electron chi connectivity index (χ1n) is 7.17. The Morgan fingerprint density at radius 2 is 2.20 bits per heavy atom. The predicted octanol–water partition coefficient (Wildman–Crippen LogP) is 1.73. The Morgan fingerprint density at radius 1 is 1.40 bits per heavy atom. The van der Waals surface area contributed by atoms with Crippen LogP contribution < -0.4 is 15.4 Å². The van der Waals surface area contributed by atoms with Gasteiger partial charge in [0.15, 0.2) is 6.61 Å². The highest BCUT2D eigenvalue weighted by molar-refractivity contribution is 5.77. The van der Waals surface area contributed by atoms with Gasteiger partial charge in [0.1, 0.15) is 5.75 Å². The molecule has 5 nitrogen and oxygen atoms in total. The second-order valence-corrected chi connectivity index (χ2v) is 5.09. The van der Waals surface area contributed by atoms with Crippen molar-refractivity contribution in [3.05, 3.63) is 24.0 Å². The number of carbonyl (C=O) groups is 1. The number of carbonyl (C=O) groups excluding carboxylic acids is 1. The van der Waals surface area contributed by atoms with Gasteiger partial charge in [0.25, 0.3) is 5.91 Å². The summed E-state index contributed by atoms with van der Waals surface area (Å²) in [6.07, 6.45) is 2.63. The fraction of sp³-hybridized carbons (Fsp3) is 0.600. The molecule has 1 aromatic rings. The molecule has 0 fully saturated rings. The molecule has 1 amide bonds. The van der Waals surface area contributed by atoms with Gasteiger partial charge in [0, 0.05) is 13.1 Å². The van der Waals surface area contributed by atoms with Crippen molar-refractivity contribution >= 4 is 5.91 Å². The fourth-order valence-electron chi connectivity index (χ4n) is 1.55. The molecule has 0 atom stereocenters. The summed E-state index contributed by atoms with van der Waals surface area (Å²) in [5.41, 5.74) is 0.959. The first-order chi connectivity index (χ1) is 9.61. The summed E-state index contributed by atoms with van der Waals surface area (Å²) in [7, 11) is 0. The minimum atomic E-state index is -0.0950. The van der Waals surface area contributed by atoms with E-state index in [0.29, 0.717) is 18.2 Å². The summed E-state index contributed by atoms with van der Waals surface area (Å²) in [4.78, 5) is 15.8. The second kappa shape index (κ2) is 9.31. The van der Waals surface area contributed by atoms with Crippen molar-refractivity contribution in [1.82, 2.24) is 15.6 Å². The fourth-order valence-corrected chi connectivity index (χ4v) is 1.55. The molecule has 1 rings (SSSR count). The third-order valence-corrected chi connectivity index (χ3v) is 2.77. The summed E-state index contributed by atoms with van der Waals surface area (Å²) in [5, 5.41) is 6.03. The van der Waals surface area contributed by atoms with Gasteiger partial charge in [0.2, 0.25) is 0 Å². The zero-order valence-electron chi connectivity index (χ0n) is 12.6. The lowest BCUT2D eigenvalue weighted by molar-refractivity contribution is -0.123. The Labute approximate surface area is 121 Å².